The zero-order valence-electron chi connectivity index (χ0n) is 19.0. The van der Waals surface area contributed by atoms with Crippen LogP contribution in [0.3, 0.4) is 0 Å². The highest BCUT2D eigenvalue weighted by Gasteiger charge is 2.35. The fraction of sp³-hybridized carbons (Fsp3) is 0.792. The van der Waals surface area contributed by atoms with E-state index in [4.69, 9.17) is 9.47 Å². The van der Waals surface area contributed by atoms with Gasteiger partial charge in [-0.3, -0.25) is 9.59 Å². The molecule has 6 heteroatoms. The van der Waals surface area contributed by atoms with Gasteiger partial charge in [0.05, 0.1) is 19.6 Å². The Morgan fingerprint density at radius 3 is 1.93 bits per heavy atom. The van der Waals surface area contributed by atoms with E-state index in [1.165, 1.54) is 7.11 Å². The maximum atomic E-state index is 12.8. The summed E-state index contributed by atoms with van der Waals surface area (Å²) in [4.78, 5) is 37.7. The van der Waals surface area contributed by atoms with Crippen molar-refractivity contribution in [2.45, 2.75) is 71.1 Å². The highest BCUT2D eigenvalue weighted by Crippen LogP contribution is 2.41. The Labute approximate surface area is 181 Å². The lowest BCUT2D eigenvalue weighted by Gasteiger charge is -2.37. The van der Waals surface area contributed by atoms with Crippen molar-refractivity contribution in [3.8, 4) is 0 Å². The van der Waals surface area contributed by atoms with Crippen molar-refractivity contribution in [2.75, 3.05) is 27.3 Å². The monoisotopic (exact) mass is 421 g/mol. The van der Waals surface area contributed by atoms with Gasteiger partial charge in [0.15, 0.2) is 0 Å². The molecule has 0 atom stereocenters. The van der Waals surface area contributed by atoms with Gasteiger partial charge in [0, 0.05) is 25.1 Å². The van der Waals surface area contributed by atoms with Crippen LogP contribution in [0.4, 0.5) is 0 Å². The Bertz CT molecular complexity index is 601. The average molecular weight is 422 g/mol. The van der Waals surface area contributed by atoms with Gasteiger partial charge in [-0.05, 0) is 83.0 Å². The molecule has 0 unspecified atom stereocenters. The van der Waals surface area contributed by atoms with Crippen LogP contribution in [0.25, 0.3) is 0 Å². The molecule has 0 aliphatic heterocycles. The van der Waals surface area contributed by atoms with Crippen LogP contribution < -0.4 is 0 Å². The number of hydrogen-bond donors (Lipinski definition) is 0. The van der Waals surface area contributed by atoms with Gasteiger partial charge in [-0.15, -0.1) is 0 Å². The number of carbonyl (C=O) groups excluding carboxylic acids is 3. The average Bonchev–Trinajstić information content (AvgIpc) is 2.77. The normalized spacial score (nSPS) is 26.5. The fourth-order valence-corrected chi connectivity index (χ4v) is 4.99. The Balaban J connectivity index is 1.63. The number of rotatable bonds is 9. The Kier molecular flexibility index (Phi) is 9.86. The van der Waals surface area contributed by atoms with Crippen LogP contribution in [0.5, 0.6) is 0 Å². The van der Waals surface area contributed by atoms with Crippen molar-refractivity contribution in [3.63, 3.8) is 0 Å². The molecule has 0 aromatic heterocycles. The van der Waals surface area contributed by atoms with Crippen LogP contribution in [0.15, 0.2) is 12.2 Å². The molecular formula is C24H39NO5. The molecule has 2 rings (SSSR count). The van der Waals surface area contributed by atoms with Gasteiger partial charge in [-0.25, -0.2) is 4.79 Å². The summed E-state index contributed by atoms with van der Waals surface area (Å²) in [5.41, 5.74) is 0.411. The van der Waals surface area contributed by atoms with E-state index in [0.29, 0.717) is 30.6 Å². The minimum atomic E-state index is -0.352. The first kappa shape index (κ1) is 24.4. The number of hydrogen-bond acceptors (Lipinski definition) is 5. The van der Waals surface area contributed by atoms with E-state index in [0.717, 1.165) is 64.2 Å². The first-order chi connectivity index (χ1) is 14.3. The first-order valence-electron chi connectivity index (χ1n) is 11.5. The van der Waals surface area contributed by atoms with Crippen molar-refractivity contribution in [2.24, 2.45) is 23.7 Å². The topological polar surface area (TPSA) is 72.9 Å². The van der Waals surface area contributed by atoms with Gasteiger partial charge in [0.2, 0.25) is 5.91 Å². The second-order valence-electron chi connectivity index (χ2n) is 9.13. The Hall–Kier alpha value is -1.85. The number of unbranched alkanes of at least 4 members (excludes halogenated alkanes) is 1. The summed E-state index contributed by atoms with van der Waals surface area (Å²) in [7, 11) is 3.35. The third-order valence-corrected chi connectivity index (χ3v) is 6.94. The number of esters is 2. The van der Waals surface area contributed by atoms with Gasteiger partial charge in [0.1, 0.15) is 0 Å². The summed E-state index contributed by atoms with van der Waals surface area (Å²) in [6, 6.07) is 0. The summed E-state index contributed by atoms with van der Waals surface area (Å²) in [5.74, 6) is 1.46. The van der Waals surface area contributed by atoms with E-state index in [2.05, 4.69) is 6.58 Å². The van der Waals surface area contributed by atoms with Crippen molar-refractivity contribution < 1.29 is 23.9 Å². The smallest absolute Gasteiger partial charge is 0.333 e. The predicted molar refractivity (Wildman–Crippen MR) is 116 cm³/mol. The molecule has 0 heterocycles. The van der Waals surface area contributed by atoms with Crippen LogP contribution in [-0.2, 0) is 23.9 Å². The molecule has 0 bridgehead atoms. The Morgan fingerprint density at radius 2 is 1.43 bits per heavy atom. The lowest BCUT2D eigenvalue weighted by atomic mass is 9.69. The summed E-state index contributed by atoms with van der Waals surface area (Å²) >= 11 is 0. The maximum absolute atomic E-state index is 12.8. The van der Waals surface area contributed by atoms with Crippen LogP contribution in [0, 0.1) is 23.7 Å². The van der Waals surface area contributed by atoms with Gasteiger partial charge in [-0.1, -0.05) is 6.58 Å². The van der Waals surface area contributed by atoms with Crippen LogP contribution in [0.1, 0.15) is 71.1 Å². The maximum Gasteiger partial charge on any atom is 0.333 e. The van der Waals surface area contributed by atoms with E-state index in [-0.39, 0.29) is 29.7 Å². The van der Waals surface area contributed by atoms with E-state index in [9.17, 15) is 14.4 Å². The molecule has 0 spiro atoms. The van der Waals surface area contributed by atoms with E-state index >= 15 is 0 Å². The SMILES string of the molecule is C=C(C)C(=O)OCCCCN(C)C(=O)C1CCC(C2CCC(C(=O)OC)CC2)CC1. The number of ether oxygens (including phenoxy) is 2. The van der Waals surface area contributed by atoms with Crippen molar-refractivity contribution in [3.05, 3.63) is 12.2 Å². The van der Waals surface area contributed by atoms with Crippen molar-refractivity contribution in [1.29, 1.82) is 0 Å². The van der Waals surface area contributed by atoms with Crippen LogP contribution in [0.2, 0.25) is 0 Å². The highest BCUT2D eigenvalue weighted by atomic mass is 16.5. The quantitative estimate of drug-likeness (QED) is 0.318. The molecule has 2 saturated carbocycles. The highest BCUT2D eigenvalue weighted by molar-refractivity contribution is 5.86. The first-order valence-corrected chi connectivity index (χ1v) is 11.5. The fourth-order valence-electron chi connectivity index (χ4n) is 4.99. The zero-order valence-corrected chi connectivity index (χ0v) is 19.0. The number of carbonyl (C=O) groups is 3. The summed E-state index contributed by atoms with van der Waals surface area (Å²) < 4.78 is 9.98. The zero-order chi connectivity index (χ0) is 22.1. The summed E-state index contributed by atoms with van der Waals surface area (Å²) in [6.07, 6.45) is 9.87. The van der Waals surface area contributed by atoms with Gasteiger partial charge >= 0.3 is 11.9 Å². The lowest BCUT2D eigenvalue weighted by Crippen LogP contribution is -2.37. The molecule has 0 aromatic rings. The molecule has 0 radical (unpaired) electrons. The van der Waals surface area contributed by atoms with E-state index in [1.54, 1.807) is 6.92 Å². The molecule has 0 saturated heterocycles. The second-order valence-corrected chi connectivity index (χ2v) is 9.13. The molecule has 2 aliphatic carbocycles. The summed E-state index contributed by atoms with van der Waals surface area (Å²) in [6.45, 7) is 6.26. The minimum absolute atomic E-state index is 0.0558. The molecular weight excluding hydrogens is 382 g/mol. The molecule has 0 N–H and O–H groups in total. The molecule has 2 aliphatic rings. The number of methoxy groups -OCH3 is 1. The van der Waals surface area contributed by atoms with Crippen LogP contribution >= 0.6 is 0 Å². The third kappa shape index (κ3) is 7.13. The molecule has 6 nitrogen and oxygen atoms in total. The van der Waals surface area contributed by atoms with Crippen LogP contribution in [-0.4, -0.2) is 50.1 Å². The largest absolute Gasteiger partial charge is 0.469 e. The van der Waals surface area contributed by atoms with Crippen molar-refractivity contribution >= 4 is 17.8 Å². The summed E-state index contributed by atoms with van der Waals surface area (Å²) in [5, 5.41) is 0. The molecule has 170 valence electrons. The molecule has 0 aromatic carbocycles. The predicted octanol–water partition coefficient (Wildman–Crippen LogP) is 4.13. The van der Waals surface area contributed by atoms with Crippen molar-refractivity contribution in [1.82, 2.24) is 4.90 Å². The number of nitrogens with zero attached hydrogens (tertiary/aromatic N) is 1. The van der Waals surface area contributed by atoms with E-state index < -0.39 is 0 Å². The molecule has 30 heavy (non-hydrogen) atoms. The van der Waals surface area contributed by atoms with E-state index in [1.807, 2.05) is 11.9 Å². The molecule has 2 fully saturated rings. The lowest BCUT2D eigenvalue weighted by molar-refractivity contribution is -0.147. The minimum Gasteiger partial charge on any atom is -0.469 e. The van der Waals surface area contributed by atoms with Gasteiger partial charge in [-0.2, -0.15) is 0 Å². The number of amides is 1. The van der Waals surface area contributed by atoms with Gasteiger partial charge < -0.3 is 14.4 Å². The molecule has 1 amide bonds. The van der Waals surface area contributed by atoms with Gasteiger partial charge in [0.25, 0.3) is 0 Å². The Morgan fingerprint density at radius 1 is 0.900 bits per heavy atom. The standard InChI is InChI=1S/C24H39NO5/c1-17(2)23(27)30-16-6-5-15-25(3)22(26)20-11-7-18(8-12-20)19-9-13-21(14-10-19)24(28)29-4/h18-21H,1,5-16H2,2-4H3. The third-order valence-electron chi connectivity index (χ3n) is 6.94. The second kappa shape index (κ2) is 12.1.